The van der Waals surface area contributed by atoms with Crippen molar-refractivity contribution in [3.63, 3.8) is 0 Å². The molecule has 2 rings (SSSR count). The van der Waals surface area contributed by atoms with Crippen LogP contribution in [0.5, 0.6) is 0 Å². The van der Waals surface area contributed by atoms with E-state index in [1.807, 2.05) is 30.3 Å². The van der Waals surface area contributed by atoms with Gasteiger partial charge in [0.05, 0.1) is 11.4 Å². The van der Waals surface area contributed by atoms with E-state index < -0.39 is 0 Å². The van der Waals surface area contributed by atoms with E-state index in [-0.39, 0.29) is 5.84 Å². The zero-order valence-electron chi connectivity index (χ0n) is 8.54. The molecule has 0 aromatic carbocycles. The standard InChI is InChI=1S/C11H11N5/c12-11(16-13)10-6-3-5-9(15-10)8-4-1-2-7-14-8/h1-7H,13H2,(H2,12,16). The van der Waals surface area contributed by atoms with Crippen LogP contribution in [-0.2, 0) is 0 Å². The van der Waals surface area contributed by atoms with Gasteiger partial charge in [0.15, 0.2) is 5.84 Å². The van der Waals surface area contributed by atoms with Gasteiger partial charge in [0, 0.05) is 6.20 Å². The summed E-state index contributed by atoms with van der Waals surface area (Å²) in [5.74, 6) is 5.31. The average Bonchev–Trinajstić information content (AvgIpc) is 2.39. The van der Waals surface area contributed by atoms with Crippen LogP contribution in [-0.4, -0.2) is 15.8 Å². The van der Waals surface area contributed by atoms with Crippen LogP contribution < -0.4 is 11.6 Å². The molecule has 0 spiro atoms. The Bertz CT molecular complexity index is 507. The molecule has 0 bridgehead atoms. The smallest absolute Gasteiger partial charge is 0.168 e. The second-order valence-corrected chi connectivity index (χ2v) is 3.14. The van der Waals surface area contributed by atoms with E-state index in [0.29, 0.717) is 5.69 Å². The first-order chi connectivity index (χ1) is 7.81. The molecule has 0 amide bonds. The van der Waals surface area contributed by atoms with E-state index in [4.69, 9.17) is 11.6 Å². The van der Waals surface area contributed by atoms with E-state index in [9.17, 15) is 0 Å². The summed E-state index contributed by atoms with van der Waals surface area (Å²) in [6, 6.07) is 11.1. The van der Waals surface area contributed by atoms with Crippen LogP contribution in [0.1, 0.15) is 5.69 Å². The fourth-order valence-corrected chi connectivity index (χ4v) is 1.30. The van der Waals surface area contributed by atoms with Crippen LogP contribution in [0, 0.1) is 0 Å². The predicted molar refractivity (Wildman–Crippen MR) is 62.4 cm³/mol. The number of nitrogens with two attached hydrogens (primary N) is 2. The van der Waals surface area contributed by atoms with Crippen molar-refractivity contribution in [3.05, 3.63) is 48.3 Å². The van der Waals surface area contributed by atoms with Gasteiger partial charge in [0.1, 0.15) is 5.69 Å². The number of amidine groups is 1. The van der Waals surface area contributed by atoms with Gasteiger partial charge in [-0.15, -0.1) is 0 Å². The molecular weight excluding hydrogens is 202 g/mol. The number of hydrogen-bond acceptors (Lipinski definition) is 4. The second kappa shape index (κ2) is 4.39. The van der Waals surface area contributed by atoms with E-state index >= 15 is 0 Å². The zero-order valence-corrected chi connectivity index (χ0v) is 8.54. The lowest BCUT2D eigenvalue weighted by atomic mass is 10.2. The number of pyridine rings is 2. The van der Waals surface area contributed by atoms with E-state index in [1.165, 1.54) is 0 Å². The average molecular weight is 213 g/mol. The molecule has 80 valence electrons. The summed E-state index contributed by atoms with van der Waals surface area (Å²) in [6.45, 7) is 0. The van der Waals surface area contributed by atoms with Crippen LogP contribution in [0.2, 0.25) is 0 Å². The molecule has 0 aliphatic carbocycles. The summed E-state index contributed by atoms with van der Waals surface area (Å²) in [5, 5.41) is 3.41. The molecule has 2 heterocycles. The lowest BCUT2D eigenvalue weighted by molar-refractivity contribution is 1.18. The lowest BCUT2D eigenvalue weighted by Crippen LogP contribution is -2.17. The quantitative estimate of drug-likeness (QED) is 0.333. The van der Waals surface area contributed by atoms with Gasteiger partial charge < -0.3 is 11.6 Å². The number of hydrazone groups is 1. The van der Waals surface area contributed by atoms with E-state index in [0.717, 1.165) is 11.4 Å². The molecule has 0 aliphatic rings. The SMILES string of the molecule is N/N=C(\N)c1cccc(-c2ccccn2)n1. The van der Waals surface area contributed by atoms with Gasteiger partial charge in [0.2, 0.25) is 0 Å². The Labute approximate surface area is 92.8 Å². The van der Waals surface area contributed by atoms with Gasteiger partial charge in [-0.3, -0.25) is 4.98 Å². The zero-order chi connectivity index (χ0) is 11.4. The maximum absolute atomic E-state index is 5.58. The third kappa shape index (κ3) is 1.98. The van der Waals surface area contributed by atoms with Crippen molar-refractivity contribution in [2.24, 2.45) is 16.7 Å². The Kier molecular flexibility index (Phi) is 2.77. The van der Waals surface area contributed by atoms with Crippen molar-refractivity contribution in [3.8, 4) is 11.4 Å². The van der Waals surface area contributed by atoms with Crippen molar-refractivity contribution < 1.29 is 0 Å². The van der Waals surface area contributed by atoms with Crippen molar-refractivity contribution >= 4 is 5.84 Å². The molecule has 0 atom stereocenters. The molecule has 2 aromatic heterocycles. The van der Waals surface area contributed by atoms with Crippen LogP contribution in [0.3, 0.4) is 0 Å². The fourth-order valence-electron chi connectivity index (χ4n) is 1.30. The number of rotatable bonds is 2. The van der Waals surface area contributed by atoms with Gasteiger partial charge in [-0.1, -0.05) is 12.1 Å². The van der Waals surface area contributed by atoms with Gasteiger partial charge in [-0.25, -0.2) is 4.98 Å². The highest BCUT2D eigenvalue weighted by atomic mass is 15.2. The lowest BCUT2D eigenvalue weighted by Gasteiger charge is -2.02. The number of nitrogens with zero attached hydrogens (tertiary/aromatic N) is 3. The minimum Gasteiger partial charge on any atom is -0.380 e. The molecule has 0 aliphatic heterocycles. The summed E-state index contributed by atoms with van der Waals surface area (Å²) in [4.78, 5) is 8.52. The molecule has 4 N–H and O–H groups in total. The normalized spacial score (nSPS) is 11.4. The van der Waals surface area contributed by atoms with Crippen molar-refractivity contribution in [2.75, 3.05) is 0 Å². The molecule has 5 nitrogen and oxygen atoms in total. The molecule has 0 saturated carbocycles. The third-order valence-corrected chi connectivity index (χ3v) is 2.08. The van der Waals surface area contributed by atoms with Gasteiger partial charge in [0.25, 0.3) is 0 Å². The first-order valence-corrected chi connectivity index (χ1v) is 4.73. The summed E-state index contributed by atoms with van der Waals surface area (Å²) in [5.41, 5.74) is 7.66. The van der Waals surface area contributed by atoms with Gasteiger partial charge in [-0.2, -0.15) is 5.10 Å². The molecule has 2 aromatic rings. The molecular formula is C11H11N5. The maximum Gasteiger partial charge on any atom is 0.168 e. The minimum atomic E-state index is 0.206. The van der Waals surface area contributed by atoms with Crippen molar-refractivity contribution in [2.45, 2.75) is 0 Å². The maximum atomic E-state index is 5.58. The highest BCUT2D eigenvalue weighted by Gasteiger charge is 2.03. The van der Waals surface area contributed by atoms with Crippen LogP contribution in [0.4, 0.5) is 0 Å². The Hall–Kier alpha value is -2.43. The first-order valence-electron chi connectivity index (χ1n) is 4.73. The Balaban J connectivity index is 2.44. The molecule has 0 saturated heterocycles. The molecule has 16 heavy (non-hydrogen) atoms. The molecule has 0 radical (unpaired) electrons. The van der Waals surface area contributed by atoms with Gasteiger partial charge in [-0.05, 0) is 24.3 Å². The predicted octanol–water partition coefficient (Wildman–Crippen LogP) is 0.723. The highest BCUT2D eigenvalue weighted by Crippen LogP contribution is 2.13. The summed E-state index contributed by atoms with van der Waals surface area (Å²) in [6.07, 6.45) is 1.71. The first kappa shape index (κ1) is 10.1. The van der Waals surface area contributed by atoms with Crippen molar-refractivity contribution in [1.82, 2.24) is 9.97 Å². The van der Waals surface area contributed by atoms with E-state index in [2.05, 4.69) is 15.1 Å². The second-order valence-electron chi connectivity index (χ2n) is 3.14. The Morgan fingerprint density at radius 3 is 2.56 bits per heavy atom. The monoisotopic (exact) mass is 213 g/mol. The molecule has 0 fully saturated rings. The van der Waals surface area contributed by atoms with Gasteiger partial charge >= 0.3 is 0 Å². The van der Waals surface area contributed by atoms with Crippen LogP contribution >= 0.6 is 0 Å². The highest BCUT2D eigenvalue weighted by molar-refractivity contribution is 5.95. The van der Waals surface area contributed by atoms with Crippen LogP contribution in [0.15, 0.2) is 47.7 Å². The Morgan fingerprint density at radius 1 is 1.06 bits per heavy atom. The summed E-state index contributed by atoms with van der Waals surface area (Å²) < 4.78 is 0. The minimum absolute atomic E-state index is 0.206. The Morgan fingerprint density at radius 2 is 1.88 bits per heavy atom. The molecule has 5 heteroatoms. The number of aromatic nitrogens is 2. The third-order valence-electron chi connectivity index (χ3n) is 2.08. The van der Waals surface area contributed by atoms with E-state index in [1.54, 1.807) is 12.3 Å². The topological polar surface area (TPSA) is 90.2 Å². The van der Waals surface area contributed by atoms with Crippen molar-refractivity contribution in [1.29, 1.82) is 0 Å². The summed E-state index contributed by atoms with van der Waals surface area (Å²) in [7, 11) is 0. The largest absolute Gasteiger partial charge is 0.380 e. The number of hydrogen-bond donors (Lipinski definition) is 2. The van der Waals surface area contributed by atoms with Crippen LogP contribution in [0.25, 0.3) is 11.4 Å². The molecule has 0 unspecified atom stereocenters. The summed E-state index contributed by atoms with van der Waals surface area (Å²) >= 11 is 0. The fraction of sp³-hybridized carbons (Fsp3) is 0.